The fourth-order valence-electron chi connectivity index (χ4n) is 3.25. The number of nitrogens with zero attached hydrogens (tertiary/aromatic N) is 4. The van der Waals surface area contributed by atoms with Crippen molar-refractivity contribution in [2.45, 2.75) is 37.8 Å². The van der Waals surface area contributed by atoms with Crippen LogP contribution in [0.15, 0.2) is 43.0 Å². The number of anilines is 1. The van der Waals surface area contributed by atoms with Gasteiger partial charge in [-0.05, 0) is 49.3 Å². The summed E-state index contributed by atoms with van der Waals surface area (Å²) in [5.41, 5.74) is 1.24. The number of hydrogen-bond donors (Lipinski definition) is 0. The van der Waals surface area contributed by atoms with Gasteiger partial charge in [-0.15, -0.1) is 0 Å². The number of aromatic nitrogens is 3. The maximum atomic E-state index is 6.25. The third kappa shape index (κ3) is 3.50. The molecule has 120 valence electrons. The Bertz CT molecular complexity index is 617. The molecule has 0 spiro atoms. The largest absolute Gasteiger partial charge is 0.376 e. The highest BCUT2D eigenvalue weighted by molar-refractivity contribution is 5.35. The summed E-state index contributed by atoms with van der Waals surface area (Å²) in [7, 11) is 0. The summed E-state index contributed by atoms with van der Waals surface area (Å²) in [5.74, 6) is 1.59. The maximum absolute atomic E-state index is 6.25. The zero-order chi connectivity index (χ0) is 15.5. The van der Waals surface area contributed by atoms with E-state index in [0.717, 1.165) is 37.9 Å². The van der Waals surface area contributed by atoms with Crippen molar-refractivity contribution in [3.05, 3.63) is 48.5 Å². The molecule has 2 fully saturated rings. The number of ether oxygens (including phenoxy) is 1. The molecule has 0 N–H and O–H groups in total. The molecule has 0 amide bonds. The Morgan fingerprint density at radius 2 is 1.96 bits per heavy atom. The number of hydrogen-bond acceptors (Lipinski definition) is 5. The molecule has 1 saturated heterocycles. The molecule has 2 aliphatic rings. The molecule has 0 aromatic carbocycles. The van der Waals surface area contributed by atoms with Crippen LogP contribution in [0.25, 0.3) is 0 Å². The predicted octanol–water partition coefficient (Wildman–Crippen LogP) is 2.49. The van der Waals surface area contributed by atoms with Crippen LogP contribution in [0.3, 0.4) is 0 Å². The van der Waals surface area contributed by atoms with Gasteiger partial charge in [0.2, 0.25) is 5.95 Å². The lowest BCUT2D eigenvalue weighted by atomic mass is 10.0. The molecule has 2 atom stereocenters. The minimum absolute atomic E-state index is 0.250. The summed E-state index contributed by atoms with van der Waals surface area (Å²) < 4.78 is 6.25. The van der Waals surface area contributed by atoms with Gasteiger partial charge in [-0.25, -0.2) is 9.97 Å². The number of rotatable bonds is 6. The summed E-state index contributed by atoms with van der Waals surface area (Å²) in [5, 5.41) is 0. The third-order valence-corrected chi connectivity index (χ3v) is 4.70. The summed E-state index contributed by atoms with van der Waals surface area (Å²) in [6.45, 7) is 1.85. The highest BCUT2D eigenvalue weighted by Gasteiger charge is 2.37. The van der Waals surface area contributed by atoms with Crippen molar-refractivity contribution in [1.29, 1.82) is 0 Å². The SMILES string of the molecule is c1cnc(N2CC[C@@H](OCC3CC3)[C@@H]2Cc2cccnc2)nc1. The Kier molecular flexibility index (Phi) is 4.20. The molecular weight excluding hydrogens is 288 g/mol. The van der Waals surface area contributed by atoms with Crippen molar-refractivity contribution in [1.82, 2.24) is 15.0 Å². The van der Waals surface area contributed by atoms with Crippen molar-refractivity contribution in [2.75, 3.05) is 18.1 Å². The van der Waals surface area contributed by atoms with Gasteiger partial charge in [0, 0.05) is 37.9 Å². The topological polar surface area (TPSA) is 51.1 Å². The van der Waals surface area contributed by atoms with E-state index in [9.17, 15) is 0 Å². The Labute approximate surface area is 136 Å². The molecule has 1 aliphatic heterocycles. The minimum Gasteiger partial charge on any atom is -0.376 e. The molecule has 23 heavy (non-hydrogen) atoms. The zero-order valence-electron chi connectivity index (χ0n) is 13.2. The van der Waals surface area contributed by atoms with Gasteiger partial charge >= 0.3 is 0 Å². The fourth-order valence-corrected chi connectivity index (χ4v) is 3.25. The molecule has 4 rings (SSSR count). The van der Waals surface area contributed by atoms with Crippen molar-refractivity contribution in [3.8, 4) is 0 Å². The van der Waals surface area contributed by atoms with Crippen LogP contribution in [-0.4, -0.2) is 40.2 Å². The Balaban J connectivity index is 1.52. The van der Waals surface area contributed by atoms with Crippen LogP contribution < -0.4 is 4.90 Å². The van der Waals surface area contributed by atoms with Crippen LogP contribution in [0.4, 0.5) is 5.95 Å². The van der Waals surface area contributed by atoms with Gasteiger partial charge < -0.3 is 9.64 Å². The van der Waals surface area contributed by atoms with Gasteiger partial charge in [-0.2, -0.15) is 0 Å². The average molecular weight is 310 g/mol. The second-order valence-electron chi connectivity index (χ2n) is 6.48. The van der Waals surface area contributed by atoms with Crippen LogP contribution >= 0.6 is 0 Å². The average Bonchev–Trinajstić information content (AvgIpc) is 3.36. The quantitative estimate of drug-likeness (QED) is 0.820. The highest BCUT2D eigenvalue weighted by atomic mass is 16.5. The first-order chi connectivity index (χ1) is 11.4. The van der Waals surface area contributed by atoms with Gasteiger partial charge in [0.15, 0.2) is 0 Å². The van der Waals surface area contributed by atoms with Gasteiger partial charge in [0.25, 0.3) is 0 Å². The van der Waals surface area contributed by atoms with Crippen molar-refractivity contribution in [2.24, 2.45) is 5.92 Å². The first-order valence-corrected chi connectivity index (χ1v) is 8.44. The van der Waals surface area contributed by atoms with E-state index < -0.39 is 0 Å². The van der Waals surface area contributed by atoms with Crippen molar-refractivity contribution < 1.29 is 4.74 Å². The van der Waals surface area contributed by atoms with Gasteiger partial charge in [-0.3, -0.25) is 4.98 Å². The Hall–Kier alpha value is -2.01. The highest BCUT2D eigenvalue weighted by Crippen LogP contribution is 2.32. The predicted molar refractivity (Wildman–Crippen MR) is 88.2 cm³/mol. The Morgan fingerprint density at radius 1 is 1.09 bits per heavy atom. The summed E-state index contributed by atoms with van der Waals surface area (Å²) in [6, 6.07) is 6.26. The monoisotopic (exact) mass is 310 g/mol. The summed E-state index contributed by atoms with van der Waals surface area (Å²) in [4.78, 5) is 15.4. The molecule has 5 heteroatoms. The molecular formula is C18H22N4O. The first kappa shape index (κ1) is 14.6. The molecule has 1 saturated carbocycles. The zero-order valence-corrected chi connectivity index (χ0v) is 13.2. The molecule has 2 aromatic heterocycles. The van der Waals surface area contributed by atoms with Crippen LogP contribution in [0, 0.1) is 5.92 Å². The van der Waals surface area contributed by atoms with Crippen LogP contribution in [0.1, 0.15) is 24.8 Å². The van der Waals surface area contributed by atoms with E-state index in [4.69, 9.17) is 4.74 Å². The lowest BCUT2D eigenvalue weighted by Crippen LogP contribution is -2.39. The first-order valence-electron chi connectivity index (χ1n) is 8.44. The van der Waals surface area contributed by atoms with Crippen LogP contribution in [0.5, 0.6) is 0 Å². The summed E-state index contributed by atoms with van der Waals surface area (Å²) >= 11 is 0. The van der Waals surface area contributed by atoms with Crippen molar-refractivity contribution >= 4 is 5.95 Å². The maximum Gasteiger partial charge on any atom is 0.225 e. The molecule has 3 heterocycles. The van der Waals surface area contributed by atoms with E-state index in [-0.39, 0.29) is 12.1 Å². The fraction of sp³-hybridized carbons (Fsp3) is 0.500. The molecule has 5 nitrogen and oxygen atoms in total. The van der Waals surface area contributed by atoms with Gasteiger partial charge in [-0.1, -0.05) is 6.07 Å². The second kappa shape index (κ2) is 6.62. The molecule has 0 bridgehead atoms. The molecule has 1 aliphatic carbocycles. The lowest BCUT2D eigenvalue weighted by Gasteiger charge is -2.28. The van der Waals surface area contributed by atoms with E-state index in [1.54, 1.807) is 0 Å². The number of pyridine rings is 1. The molecule has 0 unspecified atom stereocenters. The van der Waals surface area contributed by atoms with E-state index in [0.29, 0.717) is 0 Å². The molecule has 2 aromatic rings. The van der Waals surface area contributed by atoms with E-state index in [2.05, 4.69) is 25.9 Å². The lowest BCUT2D eigenvalue weighted by molar-refractivity contribution is 0.0406. The van der Waals surface area contributed by atoms with Gasteiger partial charge in [0.05, 0.1) is 12.1 Å². The normalized spacial score (nSPS) is 24.1. The summed E-state index contributed by atoms with van der Waals surface area (Å²) in [6.07, 6.45) is 12.2. The van der Waals surface area contributed by atoms with Crippen LogP contribution in [-0.2, 0) is 11.2 Å². The van der Waals surface area contributed by atoms with Gasteiger partial charge in [0.1, 0.15) is 0 Å². The molecule has 0 radical (unpaired) electrons. The van der Waals surface area contributed by atoms with Crippen molar-refractivity contribution in [3.63, 3.8) is 0 Å². The minimum atomic E-state index is 0.250. The smallest absolute Gasteiger partial charge is 0.225 e. The Morgan fingerprint density at radius 3 is 2.70 bits per heavy atom. The second-order valence-corrected chi connectivity index (χ2v) is 6.48. The third-order valence-electron chi connectivity index (χ3n) is 4.70. The standard InChI is InChI=1S/C18H22N4O/c1-3-15(12-19-7-1)11-16-17(23-13-14-4-5-14)6-10-22(16)18-20-8-2-9-21-18/h1-3,7-9,12,14,16-17H,4-6,10-11,13H2/t16-,17+/m0/s1. The van der Waals surface area contributed by atoms with E-state index in [1.807, 2.05) is 36.9 Å². The van der Waals surface area contributed by atoms with E-state index >= 15 is 0 Å². The van der Waals surface area contributed by atoms with E-state index in [1.165, 1.54) is 18.4 Å². The van der Waals surface area contributed by atoms with Crippen LogP contribution in [0.2, 0.25) is 0 Å².